The Hall–Kier alpha value is -2.36. The smallest absolute Gasteiger partial charge is 0.409 e. The maximum atomic E-state index is 14.4. The number of Topliss-reactive ketones (excluding diaryl/α,β-unsaturated/α-hetero) is 3. The summed E-state index contributed by atoms with van der Waals surface area (Å²) >= 11 is 0. The second kappa shape index (κ2) is 18.5. The van der Waals surface area contributed by atoms with E-state index in [2.05, 4.69) is 81.4 Å². The Kier molecular flexibility index (Phi) is 16.5. The third kappa shape index (κ3) is 14.1. The second-order valence-electron chi connectivity index (χ2n) is 23.4. The van der Waals surface area contributed by atoms with Gasteiger partial charge in [0.25, 0.3) is 0 Å². The van der Waals surface area contributed by atoms with Gasteiger partial charge in [-0.25, -0.2) is 4.79 Å². The second-order valence-corrected chi connectivity index (χ2v) is 23.4. The van der Waals surface area contributed by atoms with Gasteiger partial charge in [0.2, 0.25) is 0 Å². The summed E-state index contributed by atoms with van der Waals surface area (Å²) in [6.45, 7) is 38.9. The summed E-state index contributed by atoms with van der Waals surface area (Å²) in [5.74, 6) is 0.566. The van der Waals surface area contributed by atoms with Crippen LogP contribution in [0.3, 0.4) is 0 Å². The van der Waals surface area contributed by atoms with Crippen molar-refractivity contribution in [3.8, 4) is 0 Å². The molecule has 0 aromatic carbocycles. The fraction of sp³-hybridized carbons (Fsp3) is 0.833. The molecule has 57 heavy (non-hydrogen) atoms. The zero-order valence-corrected chi connectivity index (χ0v) is 39.9. The first kappa shape index (κ1) is 50.8. The Morgan fingerprint density at radius 1 is 0.649 bits per heavy atom. The number of amides is 1. The molecule has 2 saturated heterocycles. The third-order valence-corrected chi connectivity index (χ3v) is 11.1. The zero-order chi connectivity index (χ0) is 44.1. The summed E-state index contributed by atoms with van der Waals surface area (Å²) in [4.78, 5) is 59.3. The molecule has 2 aliphatic heterocycles. The van der Waals surface area contributed by atoms with Crippen LogP contribution in [0.15, 0.2) is 24.3 Å². The molecule has 1 amide bonds. The van der Waals surface area contributed by atoms with E-state index in [0.29, 0.717) is 51.8 Å². The Morgan fingerprint density at radius 3 is 1.70 bits per heavy atom. The van der Waals surface area contributed by atoms with E-state index in [4.69, 9.17) is 4.74 Å². The Bertz CT molecular complexity index is 1460. The molecule has 9 heteroatoms. The minimum Gasteiger partial charge on any atom is -0.449 e. The molecule has 0 spiro atoms. The number of ketones is 3. The predicted octanol–water partition coefficient (Wildman–Crippen LogP) is 10.0. The summed E-state index contributed by atoms with van der Waals surface area (Å²) in [6, 6.07) is 0. The van der Waals surface area contributed by atoms with Crippen LogP contribution in [0.5, 0.6) is 0 Å². The summed E-state index contributed by atoms with van der Waals surface area (Å²) in [6.07, 6.45) is 14.6. The van der Waals surface area contributed by atoms with Gasteiger partial charge in [0, 0.05) is 46.0 Å². The van der Waals surface area contributed by atoms with Crippen molar-refractivity contribution in [3.63, 3.8) is 0 Å². The number of hydrogen-bond acceptors (Lipinski definition) is 8. The van der Waals surface area contributed by atoms with E-state index in [0.717, 1.165) is 32.2 Å². The van der Waals surface area contributed by atoms with Crippen molar-refractivity contribution in [2.24, 2.45) is 16.2 Å². The predicted molar refractivity (Wildman–Crippen MR) is 237 cm³/mol. The fourth-order valence-corrected chi connectivity index (χ4v) is 9.28. The lowest BCUT2D eigenvalue weighted by molar-refractivity contribution is -0.140. The van der Waals surface area contributed by atoms with Gasteiger partial charge in [-0.3, -0.25) is 29.9 Å². The average molecular weight is 799 g/mol. The lowest BCUT2D eigenvalue weighted by Crippen LogP contribution is -2.63. The maximum Gasteiger partial charge on any atom is 0.409 e. The number of unbranched alkanes of at least 4 members (excludes halogenated alkanes) is 2. The Balaban J connectivity index is 2.15. The molecule has 0 aromatic rings. The highest BCUT2D eigenvalue weighted by Crippen LogP contribution is 2.43. The molecule has 328 valence electrons. The first-order valence-electron chi connectivity index (χ1n) is 21.8. The SMILES string of the molecule is CC(C)(C)NC(C/C=C/CCCCOC(=O)N1CC[C@@](NC(C)(C)C)(C(=O)C(C)(C)C)C1)(C/C=C/C[C@@]1(C(=O)C(C)(C)C)CCCN1C(C)(C)C)C(=O)C(C)(C)C. The number of carbonyl (C=O) groups excluding carboxylic acids is 4. The molecule has 0 aliphatic carbocycles. The van der Waals surface area contributed by atoms with E-state index in [1.54, 1.807) is 4.90 Å². The van der Waals surface area contributed by atoms with Gasteiger partial charge < -0.3 is 9.64 Å². The van der Waals surface area contributed by atoms with Gasteiger partial charge in [-0.15, -0.1) is 0 Å². The zero-order valence-electron chi connectivity index (χ0n) is 39.9. The highest BCUT2D eigenvalue weighted by molar-refractivity contribution is 5.95. The molecule has 3 atom stereocenters. The molecular weight excluding hydrogens is 713 g/mol. The van der Waals surface area contributed by atoms with Crippen molar-refractivity contribution >= 4 is 23.4 Å². The molecule has 0 saturated carbocycles. The van der Waals surface area contributed by atoms with Crippen molar-refractivity contribution in [1.82, 2.24) is 20.4 Å². The van der Waals surface area contributed by atoms with Crippen LogP contribution >= 0.6 is 0 Å². The topological polar surface area (TPSA) is 108 Å². The first-order valence-corrected chi connectivity index (χ1v) is 21.8. The number of nitrogens with zero attached hydrogens (tertiary/aromatic N) is 2. The minimum absolute atomic E-state index is 0.117. The molecule has 2 N–H and O–H groups in total. The van der Waals surface area contributed by atoms with Crippen LogP contribution in [0.1, 0.15) is 182 Å². The lowest BCUT2D eigenvalue weighted by atomic mass is 9.72. The highest BCUT2D eigenvalue weighted by Gasteiger charge is 2.53. The van der Waals surface area contributed by atoms with Gasteiger partial charge in [0.15, 0.2) is 17.3 Å². The molecular formula is C48H86N4O5. The molecule has 0 aromatic heterocycles. The molecule has 1 unspecified atom stereocenters. The van der Waals surface area contributed by atoms with Crippen LogP contribution in [0.25, 0.3) is 0 Å². The van der Waals surface area contributed by atoms with Crippen LogP contribution < -0.4 is 10.6 Å². The third-order valence-electron chi connectivity index (χ3n) is 11.1. The standard InChI is InChI=1S/C48H86N4O5/c1-40(2,3)36(53)46(49-43(10,11)12,28-23-24-29-48(38(55)42(7,8)9)30-26-32-52(48)45(16,17)18)27-22-20-19-21-25-34-57-39(56)51-33-31-47(35-51,50-44(13,14)15)37(54)41(4,5)6/h20,22-24,49-50H,19,21,25-35H2,1-18H3/b22-20+,24-23+/t46?,47-,48-/m0/s1. The molecule has 2 fully saturated rings. The largest absolute Gasteiger partial charge is 0.449 e. The van der Waals surface area contributed by atoms with E-state index >= 15 is 0 Å². The molecule has 0 bridgehead atoms. The van der Waals surface area contributed by atoms with Crippen molar-refractivity contribution in [2.45, 2.75) is 216 Å². The summed E-state index contributed by atoms with van der Waals surface area (Å²) in [7, 11) is 0. The Morgan fingerprint density at radius 2 is 1.21 bits per heavy atom. The molecule has 2 aliphatic rings. The number of allylic oxidation sites excluding steroid dienone is 1. The molecule has 2 rings (SSSR count). The van der Waals surface area contributed by atoms with Crippen molar-refractivity contribution < 1.29 is 23.9 Å². The average Bonchev–Trinajstić information content (AvgIpc) is 3.66. The lowest BCUT2D eigenvalue weighted by Gasteiger charge is -2.47. The normalized spacial score (nSPS) is 23.1. The summed E-state index contributed by atoms with van der Waals surface area (Å²) in [5, 5.41) is 7.31. The van der Waals surface area contributed by atoms with Crippen molar-refractivity contribution in [3.05, 3.63) is 24.3 Å². The molecule has 2 heterocycles. The fourth-order valence-electron chi connectivity index (χ4n) is 9.28. The molecule has 9 nitrogen and oxygen atoms in total. The van der Waals surface area contributed by atoms with Crippen LogP contribution in [-0.4, -0.2) is 92.7 Å². The quantitative estimate of drug-likeness (QED) is 0.117. The minimum atomic E-state index is -0.833. The summed E-state index contributed by atoms with van der Waals surface area (Å²) in [5.41, 5.74) is -4.51. The number of hydrogen-bond donors (Lipinski definition) is 2. The summed E-state index contributed by atoms with van der Waals surface area (Å²) < 4.78 is 5.69. The number of nitrogens with one attached hydrogen (secondary N) is 2. The van der Waals surface area contributed by atoms with Crippen molar-refractivity contribution in [2.75, 3.05) is 26.2 Å². The van der Waals surface area contributed by atoms with Crippen LogP contribution in [0.4, 0.5) is 4.79 Å². The van der Waals surface area contributed by atoms with E-state index in [1.165, 1.54) is 0 Å². The van der Waals surface area contributed by atoms with E-state index < -0.39 is 32.9 Å². The first-order chi connectivity index (χ1) is 25.6. The van der Waals surface area contributed by atoms with Gasteiger partial charge in [0.05, 0.1) is 23.2 Å². The van der Waals surface area contributed by atoms with Crippen molar-refractivity contribution in [1.29, 1.82) is 0 Å². The highest BCUT2D eigenvalue weighted by atomic mass is 16.6. The Labute approximate surface area is 349 Å². The number of carbonyl (C=O) groups is 4. The van der Waals surface area contributed by atoms with Gasteiger partial charge in [-0.2, -0.15) is 0 Å². The molecule has 0 radical (unpaired) electrons. The van der Waals surface area contributed by atoms with Crippen LogP contribution in [0, 0.1) is 16.2 Å². The number of rotatable bonds is 16. The van der Waals surface area contributed by atoms with Crippen LogP contribution in [0.2, 0.25) is 0 Å². The van der Waals surface area contributed by atoms with E-state index in [-0.39, 0.29) is 40.1 Å². The van der Waals surface area contributed by atoms with E-state index in [1.807, 2.05) is 83.1 Å². The van der Waals surface area contributed by atoms with E-state index in [9.17, 15) is 19.2 Å². The number of likely N-dealkylation sites (tertiary alicyclic amines) is 2. The maximum absolute atomic E-state index is 14.4. The van der Waals surface area contributed by atoms with Crippen LogP contribution in [-0.2, 0) is 19.1 Å². The van der Waals surface area contributed by atoms with Gasteiger partial charge in [-0.05, 0) is 127 Å². The monoisotopic (exact) mass is 799 g/mol. The van der Waals surface area contributed by atoms with Gasteiger partial charge in [0.1, 0.15) is 0 Å². The van der Waals surface area contributed by atoms with Gasteiger partial charge in [-0.1, -0.05) is 86.6 Å². The van der Waals surface area contributed by atoms with Gasteiger partial charge >= 0.3 is 6.09 Å². The number of ether oxygens (including phenoxy) is 1.